The topological polar surface area (TPSA) is 80.3 Å². The van der Waals surface area contributed by atoms with Crippen molar-refractivity contribution in [2.45, 2.75) is 66.9 Å². The minimum Gasteiger partial charge on any atom is -0.292 e. The van der Waals surface area contributed by atoms with Crippen LogP contribution in [0.3, 0.4) is 0 Å². The zero-order chi connectivity index (χ0) is 19.3. The van der Waals surface area contributed by atoms with Crippen LogP contribution in [0.4, 0.5) is 0 Å². The third-order valence-electron chi connectivity index (χ3n) is 2.11. The molecule has 0 aliphatic heterocycles. The lowest BCUT2D eigenvalue weighted by Crippen LogP contribution is -2.29. The maximum Gasteiger partial charge on any atom is 0.478 e. The second kappa shape index (κ2) is 10.6. The van der Waals surface area contributed by atoms with E-state index in [4.69, 9.17) is 22.6 Å². The molecule has 0 aliphatic carbocycles. The number of halogens is 4. The average molecular weight is 648 g/mol. The van der Waals surface area contributed by atoms with Crippen LogP contribution in [0.1, 0.15) is 41.5 Å². The fourth-order valence-electron chi connectivity index (χ4n) is 1.41. The van der Waals surface area contributed by atoms with Gasteiger partial charge in [0, 0.05) is 0 Å². The Kier molecular flexibility index (Phi) is 11.6. The maximum atomic E-state index is 13.2. The molecule has 4 unspecified atom stereocenters. The summed E-state index contributed by atoms with van der Waals surface area (Å²) in [6.45, 7) is 9.29. The van der Waals surface area contributed by atoms with Crippen molar-refractivity contribution in [3.8, 4) is 0 Å². The SMILES string of the molecule is CC(Br)OP(=O)(OC(C)Br)OC(C)(C)P(=O)(OC(C)Br)OC(C)Br. The van der Waals surface area contributed by atoms with E-state index in [1.54, 1.807) is 27.7 Å². The van der Waals surface area contributed by atoms with Gasteiger partial charge in [-0.2, -0.15) is 0 Å². The molecule has 0 saturated carbocycles. The number of phosphoric ester groups is 1. The highest BCUT2D eigenvalue weighted by atomic mass is 79.9. The molecule has 0 rings (SSSR count). The smallest absolute Gasteiger partial charge is 0.292 e. The van der Waals surface area contributed by atoms with Crippen LogP contribution in [0.15, 0.2) is 0 Å². The molecule has 24 heavy (non-hydrogen) atoms. The third kappa shape index (κ3) is 9.40. The zero-order valence-electron chi connectivity index (χ0n) is 14.1. The van der Waals surface area contributed by atoms with E-state index in [0.29, 0.717) is 0 Å². The van der Waals surface area contributed by atoms with Crippen molar-refractivity contribution in [1.29, 1.82) is 0 Å². The molecule has 0 saturated heterocycles. The van der Waals surface area contributed by atoms with E-state index >= 15 is 0 Å². The predicted molar refractivity (Wildman–Crippen MR) is 108 cm³/mol. The number of alkyl halides is 4. The Morgan fingerprint density at radius 3 is 1.25 bits per heavy atom. The summed E-state index contributed by atoms with van der Waals surface area (Å²) in [5.74, 6) is 0. The summed E-state index contributed by atoms with van der Waals surface area (Å²) in [7, 11) is -7.99. The van der Waals surface area contributed by atoms with Crippen LogP contribution in [0.25, 0.3) is 0 Å². The standard InChI is InChI=1S/C11H22Br4O7P2/c1-7(12)18-23(16,19-8(2)13)11(5,6)22-24(17,20-9(3)14)21-10(4)15/h7-10H,1-6H3. The molecule has 0 aliphatic rings. The van der Waals surface area contributed by atoms with Gasteiger partial charge in [0.15, 0.2) is 5.34 Å². The van der Waals surface area contributed by atoms with Gasteiger partial charge in [-0.05, 0) is 41.5 Å². The molecule has 0 aromatic carbocycles. The van der Waals surface area contributed by atoms with Gasteiger partial charge in [0.25, 0.3) is 0 Å². The molecule has 0 aromatic rings. The van der Waals surface area contributed by atoms with Crippen molar-refractivity contribution >= 4 is 79.1 Å². The van der Waals surface area contributed by atoms with Gasteiger partial charge in [0.2, 0.25) is 0 Å². The first kappa shape index (κ1) is 26.2. The first-order chi connectivity index (χ1) is 10.6. The van der Waals surface area contributed by atoms with Gasteiger partial charge in [-0.25, -0.2) is 4.57 Å². The van der Waals surface area contributed by atoms with Crippen molar-refractivity contribution in [2.75, 3.05) is 0 Å². The molecular weight excluding hydrogens is 626 g/mol. The van der Waals surface area contributed by atoms with Crippen LogP contribution < -0.4 is 0 Å². The van der Waals surface area contributed by atoms with Gasteiger partial charge < -0.3 is 0 Å². The highest BCUT2D eigenvalue weighted by Gasteiger charge is 2.52. The van der Waals surface area contributed by atoms with E-state index in [-0.39, 0.29) is 0 Å². The van der Waals surface area contributed by atoms with Gasteiger partial charge >= 0.3 is 15.4 Å². The van der Waals surface area contributed by atoms with Crippen LogP contribution in [0.2, 0.25) is 0 Å². The predicted octanol–water partition coefficient (Wildman–Crippen LogP) is 7.07. The van der Waals surface area contributed by atoms with E-state index in [1.807, 2.05) is 0 Å². The summed E-state index contributed by atoms with van der Waals surface area (Å²) < 4.78 is 52.9. The van der Waals surface area contributed by atoms with Crippen LogP contribution in [0, 0.1) is 0 Å². The maximum absolute atomic E-state index is 13.2. The summed E-state index contributed by atoms with van der Waals surface area (Å²) in [6, 6.07) is 0. The summed E-state index contributed by atoms with van der Waals surface area (Å²) in [6.07, 6.45) is 0. The number of hydrogen-bond acceptors (Lipinski definition) is 7. The van der Waals surface area contributed by atoms with E-state index in [0.717, 1.165) is 0 Å². The number of phosphoric acid groups is 1. The number of rotatable bonds is 11. The Bertz CT molecular complexity index is 457. The molecular formula is C11H22Br4O7P2. The molecule has 0 heterocycles. The van der Waals surface area contributed by atoms with Crippen molar-refractivity contribution in [3.05, 3.63) is 0 Å². The van der Waals surface area contributed by atoms with Gasteiger partial charge in [-0.1, -0.05) is 63.7 Å². The van der Waals surface area contributed by atoms with Crippen LogP contribution >= 0.6 is 79.1 Å². The third-order valence-corrected chi connectivity index (χ3v) is 8.59. The fourth-order valence-corrected chi connectivity index (χ4v) is 7.37. The molecule has 0 radical (unpaired) electrons. The Morgan fingerprint density at radius 2 is 1.00 bits per heavy atom. The fraction of sp³-hybridized carbons (Fsp3) is 1.00. The molecule has 4 atom stereocenters. The summed E-state index contributed by atoms with van der Waals surface area (Å²) in [5.41, 5.74) is 0. The first-order valence-electron chi connectivity index (χ1n) is 6.83. The molecule has 0 bridgehead atoms. The van der Waals surface area contributed by atoms with Crippen molar-refractivity contribution in [1.82, 2.24) is 0 Å². The lowest BCUT2D eigenvalue weighted by molar-refractivity contribution is 0.0438. The highest BCUT2D eigenvalue weighted by molar-refractivity contribution is 9.10. The Labute approximate surface area is 176 Å². The quantitative estimate of drug-likeness (QED) is 0.175. The van der Waals surface area contributed by atoms with Gasteiger partial charge in [-0.3, -0.25) is 27.2 Å². The molecule has 0 spiro atoms. The highest BCUT2D eigenvalue weighted by Crippen LogP contribution is 2.68. The Hall–Kier alpha value is 2.18. The van der Waals surface area contributed by atoms with Crippen molar-refractivity contribution in [2.24, 2.45) is 0 Å². The van der Waals surface area contributed by atoms with Crippen LogP contribution in [0.5, 0.6) is 0 Å². The van der Waals surface area contributed by atoms with Crippen LogP contribution in [-0.4, -0.2) is 25.4 Å². The lowest BCUT2D eigenvalue weighted by Gasteiger charge is -2.36. The molecule has 146 valence electrons. The second-order valence-corrected chi connectivity index (χ2v) is 14.2. The van der Waals surface area contributed by atoms with Crippen molar-refractivity contribution in [3.63, 3.8) is 0 Å². The monoisotopic (exact) mass is 644 g/mol. The van der Waals surface area contributed by atoms with E-state index in [2.05, 4.69) is 63.7 Å². The Morgan fingerprint density at radius 1 is 0.708 bits per heavy atom. The minimum absolute atomic E-state index is 0.594. The zero-order valence-corrected chi connectivity index (χ0v) is 22.2. The van der Waals surface area contributed by atoms with Gasteiger partial charge in [-0.15, -0.1) is 0 Å². The normalized spacial score (nSPS) is 22.9. The Balaban J connectivity index is 5.68. The van der Waals surface area contributed by atoms with Crippen molar-refractivity contribution < 1.29 is 31.7 Å². The largest absolute Gasteiger partial charge is 0.478 e. The second-order valence-electron chi connectivity index (χ2n) is 5.08. The molecule has 0 aromatic heterocycles. The average Bonchev–Trinajstić information content (AvgIpc) is 2.20. The molecule has 0 N–H and O–H groups in total. The molecule has 13 heteroatoms. The van der Waals surface area contributed by atoms with Gasteiger partial charge in [0.05, 0.1) is 0 Å². The van der Waals surface area contributed by atoms with Gasteiger partial charge in [0.1, 0.15) is 20.1 Å². The first-order valence-corrected chi connectivity index (χ1v) is 13.5. The number of hydrogen-bond donors (Lipinski definition) is 0. The summed E-state index contributed by atoms with van der Waals surface area (Å²) in [5, 5.41) is -4.07. The molecule has 0 amide bonds. The van der Waals surface area contributed by atoms with Crippen LogP contribution in [-0.2, 0) is 31.7 Å². The minimum atomic E-state index is -4.09. The van der Waals surface area contributed by atoms with E-state index in [1.165, 1.54) is 13.8 Å². The summed E-state index contributed by atoms with van der Waals surface area (Å²) >= 11 is 12.6. The van der Waals surface area contributed by atoms with E-state index in [9.17, 15) is 9.13 Å². The molecule has 0 fully saturated rings. The summed E-state index contributed by atoms with van der Waals surface area (Å²) in [4.78, 5) is 0. The lowest BCUT2D eigenvalue weighted by atomic mass is 10.5. The van der Waals surface area contributed by atoms with E-state index < -0.39 is 40.8 Å². The molecule has 7 nitrogen and oxygen atoms in total.